The molecule has 2 aromatic heterocycles. The summed E-state index contributed by atoms with van der Waals surface area (Å²) in [6.07, 6.45) is 1.20. The van der Waals surface area contributed by atoms with Crippen molar-refractivity contribution in [2.75, 3.05) is 6.26 Å². The molecular weight excluding hydrogens is 328 g/mol. The molecule has 0 unspecified atom stereocenters. The Morgan fingerprint density at radius 1 is 1.29 bits per heavy atom. The van der Waals surface area contributed by atoms with Gasteiger partial charge in [0.25, 0.3) is 0 Å². The lowest BCUT2D eigenvalue weighted by atomic mass is 10.3. The molecule has 0 aliphatic heterocycles. The maximum atomic E-state index is 11.6. The van der Waals surface area contributed by atoms with Gasteiger partial charge in [-0.25, -0.2) is 13.4 Å². The Morgan fingerprint density at radius 2 is 2.05 bits per heavy atom. The lowest BCUT2D eigenvalue weighted by Gasteiger charge is -1.96. The molecule has 0 bridgehead atoms. The van der Waals surface area contributed by atoms with E-state index in [1.807, 2.05) is 18.5 Å². The van der Waals surface area contributed by atoms with E-state index in [-0.39, 0.29) is 0 Å². The van der Waals surface area contributed by atoms with E-state index in [0.717, 1.165) is 25.5 Å². The van der Waals surface area contributed by atoms with Crippen LogP contribution in [0.25, 0.3) is 10.2 Å². The van der Waals surface area contributed by atoms with Gasteiger partial charge in [0.2, 0.25) is 0 Å². The van der Waals surface area contributed by atoms with Crippen molar-refractivity contribution in [3.8, 4) is 0 Å². The summed E-state index contributed by atoms with van der Waals surface area (Å²) < 4.78 is 26.7. The Hall–Kier alpha value is -1.45. The van der Waals surface area contributed by atoms with E-state index in [9.17, 15) is 8.42 Å². The van der Waals surface area contributed by atoms with Gasteiger partial charge in [-0.05, 0) is 36.9 Å². The number of fused-ring (bicyclic) bond motifs is 1. The van der Waals surface area contributed by atoms with Gasteiger partial charge in [0.15, 0.2) is 19.3 Å². The van der Waals surface area contributed by atoms with Gasteiger partial charge >= 0.3 is 0 Å². The minimum absolute atomic E-state index is 0.310. The largest absolute Gasteiger partial charge is 0.309 e. The second-order valence-electron chi connectivity index (χ2n) is 4.57. The number of nitrogens with zero attached hydrogens (tertiary/aromatic N) is 4. The highest BCUT2D eigenvalue weighted by atomic mass is 32.2. The maximum absolute atomic E-state index is 11.6. The summed E-state index contributed by atoms with van der Waals surface area (Å²) in [6, 6.07) is 4.97. The second-order valence-corrected chi connectivity index (χ2v) is 8.83. The lowest BCUT2D eigenvalue weighted by Crippen LogP contribution is -1.95. The van der Waals surface area contributed by atoms with Gasteiger partial charge in [0.05, 0.1) is 15.1 Å². The first kappa shape index (κ1) is 14.5. The van der Waals surface area contributed by atoms with E-state index in [2.05, 4.69) is 15.2 Å². The van der Waals surface area contributed by atoms with Crippen molar-refractivity contribution in [2.45, 2.75) is 21.3 Å². The summed E-state index contributed by atoms with van der Waals surface area (Å²) in [4.78, 5) is 4.80. The van der Waals surface area contributed by atoms with Gasteiger partial charge in [0.1, 0.15) is 5.82 Å². The molecule has 0 saturated carbocycles. The Labute approximate surface area is 130 Å². The van der Waals surface area contributed by atoms with Crippen LogP contribution in [0, 0.1) is 6.92 Å². The van der Waals surface area contributed by atoms with Crippen LogP contribution in [0.4, 0.5) is 0 Å². The van der Waals surface area contributed by atoms with Crippen LogP contribution in [0.5, 0.6) is 0 Å². The van der Waals surface area contributed by atoms with Crippen molar-refractivity contribution in [2.24, 2.45) is 7.05 Å². The Bertz CT molecular complexity index is 927. The van der Waals surface area contributed by atoms with Gasteiger partial charge in [-0.15, -0.1) is 21.5 Å². The van der Waals surface area contributed by atoms with E-state index in [4.69, 9.17) is 0 Å². The average Bonchev–Trinajstić information content (AvgIpc) is 2.94. The Kier molecular flexibility index (Phi) is 3.50. The third-order valence-corrected chi connectivity index (χ3v) is 6.23. The zero-order valence-electron chi connectivity index (χ0n) is 11.6. The predicted molar refractivity (Wildman–Crippen MR) is 82.6 cm³/mol. The number of sulfone groups is 1. The summed E-state index contributed by atoms with van der Waals surface area (Å²) in [5.41, 5.74) is 0.786. The highest BCUT2D eigenvalue weighted by Gasteiger charge is 2.13. The quantitative estimate of drug-likeness (QED) is 0.728. The Morgan fingerprint density at radius 3 is 2.67 bits per heavy atom. The van der Waals surface area contributed by atoms with Gasteiger partial charge in [-0.1, -0.05) is 0 Å². The van der Waals surface area contributed by atoms with Gasteiger partial charge in [-0.2, -0.15) is 0 Å². The SMILES string of the molecule is Cc1nnc(Sc2nc3ccc(S(C)(=O)=O)cc3s2)n1C. The molecule has 110 valence electrons. The molecule has 0 atom stereocenters. The van der Waals surface area contributed by atoms with Gasteiger partial charge in [0, 0.05) is 13.3 Å². The molecule has 6 nitrogen and oxygen atoms in total. The van der Waals surface area contributed by atoms with Crippen molar-refractivity contribution in [1.82, 2.24) is 19.7 Å². The zero-order valence-corrected chi connectivity index (χ0v) is 14.0. The summed E-state index contributed by atoms with van der Waals surface area (Å²) in [5.74, 6) is 0.831. The lowest BCUT2D eigenvalue weighted by molar-refractivity contribution is 0.602. The van der Waals surface area contributed by atoms with Crippen LogP contribution in [0.15, 0.2) is 32.6 Å². The van der Waals surface area contributed by atoms with Crippen LogP contribution in [-0.2, 0) is 16.9 Å². The molecule has 0 spiro atoms. The van der Waals surface area contributed by atoms with Crippen molar-refractivity contribution in [1.29, 1.82) is 0 Å². The highest BCUT2D eigenvalue weighted by Crippen LogP contribution is 2.34. The fourth-order valence-corrected chi connectivity index (χ4v) is 4.48. The molecule has 0 N–H and O–H groups in total. The number of aromatic nitrogens is 4. The van der Waals surface area contributed by atoms with Crippen LogP contribution in [0.1, 0.15) is 5.82 Å². The molecular formula is C12H12N4O2S3. The van der Waals surface area contributed by atoms with Crippen LogP contribution in [-0.4, -0.2) is 34.4 Å². The number of hydrogen-bond acceptors (Lipinski definition) is 7. The molecule has 0 aliphatic rings. The van der Waals surface area contributed by atoms with E-state index >= 15 is 0 Å². The first-order valence-corrected chi connectivity index (χ1v) is 9.51. The highest BCUT2D eigenvalue weighted by molar-refractivity contribution is 8.01. The second kappa shape index (κ2) is 5.08. The first-order valence-electron chi connectivity index (χ1n) is 5.99. The molecule has 0 aliphatic carbocycles. The minimum Gasteiger partial charge on any atom is -0.309 e. The van der Waals surface area contributed by atoms with Crippen molar-refractivity contribution in [3.05, 3.63) is 24.0 Å². The normalized spacial score (nSPS) is 12.1. The molecule has 3 aromatic rings. The van der Waals surface area contributed by atoms with Gasteiger partial charge in [-0.3, -0.25) is 0 Å². The van der Waals surface area contributed by atoms with Crippen LogP contribution in [0.2, 0.25) is 0 Å². The zero-order chi connectivity index (χ0) is 15.2. The third-order valence-electron chi connectivity index (χ3n) is 3.00. The standard InChI is InChI=1S/C12H12N4O2S3/c1-7-14-15-11(16(7)2)20-12-13-9-5-4-8(21(3,17)18)6-10(9)19-12/h4-6H,1-3H3. The molecule has 1 aromatic carbocycles. The van der Waals surface area contributed by atoms with Crippen molar-refractivity contribution >= 4 is 43.2 Å². The number of thiazole rings is 1. The van der Waals surface area contributed by atoms with E-state index < -0.39 is 9.84 Å². The minimum atomic E-state index is -3.20. The number of benzene rings is 1. The molecule has 0 saturated heterocycles. The molecule has 2 heterocycles. The smallest absolute Gasteiger partial charge is 0.198 e. The molecule has 9 heteroatoms. The summed E-state index contributed by atoms with van der Waals surface area (Å²) in [6.45, 7) is 1.88. The topological polar surface area (TPSA) is 77.7 Å². The summed E-state index contributed by atoms with van der Waals surface area (Å²) in [5, 5.41) is 8.85. The van der Waals surface area contributed by atoms with Gasteiger partial charge < -0.3 is 4.57 Å². The maximum Gasteiger partial charge on any atom is 0.198 e. The molecule has 3 rings (SSSR count). The number of aryl methyl sites for hydroxylation is 1. The van der Waals surface area contributed by atoms with Crippen LogP contribution < -0.4 is 0 Å². The summed E-state index contributed by atoms with van der Waals surface area (Å²) >= 11 is 2.87. The predicted octanol–water partition coefficient (Wildman–Crippen LogP) is 2.29. The molecule has 21 heavy (non-hydrogen) atoms. The molecule has 0 fully saturated rings. The fraction of sp³-hybridized carbons (Fsp3) is 0.250. The van der Waals surface area contributed by atoms with Crippen LogP contribution >= 0.6 is 23.1 Å². The average molecular weight is 340 g/mol. The monoisotopic (exact) mass is 340 g/mol. The number of rotatable bonds is 3. The Balaban J connectivity index is 2.00. The first-order chi connectivity index (χ1) is 9.84. The molecule has 0 radical (unpaired) electrons. The summed E-state index contributed by atoms with van der Waals surface area (Å²) in [7, 11) is -1.31. The van der Waals surface area contributed by atoms with Crippen molar-refractivity contribution in [3.63, 3.8) is 0 Å². The fourth-order valence-electron chi connectivity index (χ4n) is 1.71. The van der Waals surface area contributed by atoms with E-state index in [0.29, 0.717) is 4.90 Å². The number of hydrogen-bond donors (Lipinski definition) is 0. The third kappa shape index (κ3) is 2.81. The molecule has 0 amide bonds. The van der Waals surface area contributed by atoms with E-state index in [1.165, 1.54) is 29.4 Å². The van der Waals surface area contributed by atoms with E-state index in [1.54, 1.807) is 18.2 Å². The van der Waals surface area contributed by atoms with Crippen LogP contribution in [0.3, 0.4) is 0 Å². The van der Waals surface area contributed by atoms with Crippen molar-refractivity contribution < 1.29 is 8.42 Å².